The van der Waals surface area contributed by atoms with Crippen molar-refractivity contribution < 1.29 is 13.5 Å². The lowest BCUT2D eigenvalue weighted by Crippen LogP contribution is -2.37. The van der Waals surface area contributed by atoms with Crippen molar-refractivity contribution in [2.45, 2.75) is 30.7 Å². The van der Waals surface area contributed by atoms with Gasteiger partial charge in [0.25, 0.3) is 0 Å². The molecule has 1 aliphatic rings. The predicted molar refractivity (Wildman–Crippen MR) is 85.8 cm³/mol. The second kappa shape index (κ2) is 7.32. The van der Waals surface area contributed by atoms with E-state index in [2.05, 4.69) is 16.6 Å². The summed E-state index contributed by atoms with van der Waals surface area (Å²) in [6.07, 6.45) is 1.74. The molecule has 0 amide bonds. The summed E-state index contributed by atoms with van der Waals surface area (Å²) >= 11 is 1.86. The van der Waals surface area contributed by atoms with Gasteiger partial charge in [-0.2, -0.15) is 11.8 Å². The van der Waals surface area contributed by atoms with E-state index in [1.165, 1.54) is 0 Å². The third-order valence-corrected chi connectivity index (χ3v) is 6.04. The molecule has 0 aromatic heterocycles. The molecule has 0 atom stereocenters. The zero-order valence-corrected chi connectivity index (χ0v) is 13.6. The van der Waals surface area contributed by atoms with Crippen molar-refractivity contribution in [1.29, 1.82) is 0 Å². The van der Waals surface area contributed by atoms with Gasteiger partial charge in [-0.05, 0) is 49.0 Å². The SMILES string of the molecule is Cc1ccc(C#CCO)cc1S(=O)(=O)NC1CCSCC1. The Hall–Kier alpha value is -1.000. The summed E-state index contributed by atoms with van der Waals surface area (Å²) in [6, 6.07) is 5.08. The van der Waals surface area contributed by atoms with Crippen LogP contribution >= 0.6 is 11.8 Å². The Morgan fingerprint density at radius 2 is 2.10 bits per heavy atom. The van der Waals surface area contributed by atoms with Crippen molar-refractivity contribution in [3.05, 3.63) is 29.3 Å². The summed E-state index contributed by atoms with van der Waals surface area (Å²) in [4.78, 5) is 0.269. The highest BCUT2D eigenvalue weighted by molar-refractivity contribution is 7.99. The van der Waals surface area contributed by atoms with Crippen molar-refractivity contribution in [1.82, 2.24) is 4.72 Å². The highest BCUT2D eigenvalue weighted by atomic mass is 32.2. The van der Waals surface area contributed by atoms with Gasteiger partial charge in [0.05, 0.1) is 4.90 Å². The molecule has 0 saturated carbocycles. The molecule has 1 fully saturated rings. The first-order valence-electron chi connectivity index (χ1n) is 6.83. The van der Waals surface area contributed by atoms with E-state index in [0.717, 1.165) is 24.3 Å². The fraction of sp³-hybridized carbons (Fsp3) is 0.467. The molecule has 1 aromatic carbocycles. The molecule has 1 heterocycles. The van der Waals surface area contributed by atoms with Gasteiger partial charge in [-0.25, -0.2) is 13.1 Å². The Bertz CT molecular complexity index is 653. The number of nitrogens with one attached hydrogen (secondary N) is 1. The van der Waals surface area contributed by atoms with E-state index in [1.807, 2.05) is 11.8 Å². The minimum atomic E-state index is -3.53. The Labute approximate surface area is 130 Å². The van der Waals surface area contributed by atoms with Crippen LogP contribution in [0, 0.1) is 18.8 Å². The molecular weight excluding hydrogens is 306 g/mol. The van der Waals surface area contributed by atoms with E-state index in [9.17, 15) is 8.42 Å². The zero-order valence-electron chi connectivity index (χ0n) is 11.9. The number of rotatable bonds is 3. The molecule has 0 unspecified atom stereocenters. The fourth-order valence-corrected chi connectivity index (χ4v) is 4.89. The van der Waals surface area contributed by atoms with Crippen molar-refractivity contribution in [3.8, 4) is 11.8 Å². The van der Waals surface area contributed by atoms with Crippen molar-refractivity contribution in [2.24, 2.45) is 0 Å². The van der Waals surface area contributed by atoms with Gasteiger partial charge in [-0.1, -0.05) is 17.9 Å². The molecular formula is C15H19NO3S2. The smallest absolute Gasteiger partial charge is 0.241 e. The number of hydrogen-bond donors (Lipinski definition) is 2. The first-order valence-corrected chi connectivity index (χ1v) is 9.47. The maximum atomic E-state index is 12.5. The van der Waals surface area contributed by atoms with E-state index in [0.29, 0.717) is 11.1 Å². The lowest BCUT2D eigenvalue weighted by molar-refractivity contribution is 0.350. The molecule has 1 saturated heterocycles. The van der Waals surface area contributed by atoms with Gasteiger partial charge in [0, 0.05) is 11.6 Å². The average molecular weight is 325 g/mol. The van der Waals surface area contributed by atoms with Crippen LogP contribution in [0.4, 0.5) is 0 Å². The van der Waals surface area contributed by atoms with Gasteiger partial charge in [0.15, 0.2) is 0 Å². The van der Waals surface area contributed by atoms with Gasteiger partial charge >= 0.3 is 0 Å². The number of thioether (sulfide) groups is 1. The topological polar surface area (TPSA) is 66.4 Å². The molecule has 2 N–H and O–H groups in total. The number of aliphatic hydroxyl groups excluding tert-OH is 1. The summed E-state index contributed by atoms with van der Waals surface area (Å²) in [6.45, 7) is 1.53. The van der Waals surface area contributed by atoms with Crippen LogP contribution < -0.4 is 4.72 Å². The average Bonchev–Trinajstić information content (AvgIpc) is 2.47. The first-order chi connectivity index (χ1) is 10.0. The first kappa shape index (κ1) is 16.4. The second-order valence-corrected chi connectivity index (χ2v) is 7.86. The lowest BCUT2D eigenvalue weighted by Gasteiger charge is -2.22. The standard InChI is InChI=1S/C15H19NO3S2/c1-12-4-5-13(3-2-8-17)11-15(12)21(18,19)16-14-6-9-20-10-7-14/h4-5,11,14,16-17H,6-10H2,1H3. The Balaban J connectivity index is 2.25. The molecule has 2 rings (SSSR count). The third kappa shape index (κ3) is 4.48. The predicted octanol–water partition coefficient (Wildman–Crippen LogP) is 1.51. The summed E-state index contributed by atoms with van der Waals surface area (Å²) in [7, 11) is -3.53. The normalized spacial score (nSPS) is 16.3. The van der Waals surface area contributed by atoms with Crippen LogP contribution in [0.15, 0.2) is 23.1 Å². The highest BCUT2D eigenvalue weighted by Gasteiger charge is 2.23. The second-order valence-electron chi connectivity index (χ2n) is 4.95. The maximum Gasteiger partial charge on any atom is 0.241 e. The van der Waals surface area contributed by atoms with Gasteiger partial charge in [0.1, 0.15) is 6.61 Å². The van der Waals surface area contributed by atoms with Crippen LogP contribution in [0.2, 0.25) is 0 Å². The highest BCUT2D eigenvalue weighted by Crippen LogP contribution is 2.21. The zero-order chi connectivity index (χ0) is 15.3. The Kier molecular flexibility index (Phi) is 5.71. The molecule has 0 radical (unpaired) electrons. The van der Waals surface area contributed by atoms with Crippen LogP contribution in [-0.2, 0) is 10.0 Å². The van der Waals surface area contributed by atoms with Crippen LogP contribution in [0.1, 0.15) is 24.0 Å². The summed E-state index contributed by atoms with van der Waals surface area (Å²) < 4.78 is 27.9. The molecule has 0 bridgehead atoms. The van der Waals surface area contributed by atoms with Crippen molar-refractivity contribution >= 4 is 21.8 Å². The van der Waals surface area contributed by atoms with E-state index >= 15 is 0 Å². The largest absolute Gasteiger partial charge is 0.384 e. The molecule has 21 heavy (non-hydrogen) atoms. The minimum Gasteiger partial charge on any atom is -0.384 e. The fourth-order valence-electron chi connectivity index (χ4n) is 2.21. The number of hydrogen-bond acceptors (Lipinski definition) is 4. The maximum absolute atomic E-state index is 12.5. The van der Waals surface area contributed by atoms with Gasteiger partial charge < -0.3 is 5.11 Å². The van der Waals surface area contributed by atoms with Crippen LogP contribution in [0.5, 0.6) is 0 Å². The molecule has 0 spiro atoms. The Morgan fingerprint density at radius 3 is 2.76 bits per heavy atom. The van der Waals surface area contributed by atoms with E-state index < -0.39 is 10.0 Å². The van der Waals surface area contributed by atoms with Crippen molar-refractivity contribution in [3.63, 3.8) is 0 Å². The van der Waals surface area contributed by atoms with E-state index in [1.54, 1.807) is 25.1 Å². The monoisotopic (exact) mass is 325 g/mol. The quantitative estimate of drug-likeness (QED) is 0.827. The van der Waals surface area contributed by atoms with Gasteiger partial charge in [-0.3, -0.25) is 0 Å². The molecule has 0 aliphatic carbocycles. The van der Waals surface area contributed by atoms with Gasteiger partial charge in [-0.15, -0.1) is 0 Å². The molecule has 6 heteroatoms. The Morgan fingerprint density at radius 1 is 1.38 bits per heavy atom. The van der Waals surface area contributed by atoms with Crippen molar-refractivity contribution in [2.75, 3.05) is 18.1 Å². The summed E-state index contributed by atoms with van der Waals surface area (Å²) in [5.41, 5.74) is 1.29. The molecule has 1 aromatic rings. The van der Waals surface area contributed by atoms with Crippen LogP contribution in [0.25, 0.3) is 0 Å². The lowest BCUT2D eigenvalue weighted by atomic mass is 10.1. The summed E-state index contributed by atoms with van der Waals surface area (Å²) in [5, 5.41) is 8.72. The summed E-state index contributed by atoms with van der Waals surface area (Å²) in [5.74, 6) is 7.26. The molecule has 114 valence electrons. The third-order valence-electron chi connectivity index (χ3n) is 3.33. The molecule has 1 aliphatic heterocycles. The number of sulfonamides is 1. The molecule has 4 nitrogen and oxygen atoms in total. The minimum absolute atomic E-state index is 0.0165. The number of aryl methyl sites for hydroxylation is 1. The van der Waals surface area contributed by atoms with Gasteiger partial charge in [0.2, 0.25) is 10.0 Å². The van der Waals surface area contributed by atoms with Crippen LogP contribution in [0.3, 0.4) is 0 Å². The number of aliphatic hydroxyl groups is 1. The van der Waals surface area contributed by atoms with E-state index in [4.69, 9.17) is 5.11 Å². The number of benzene rings is 1. The van der Waals surface area contributed by atoms with E-state index in [-0.39, 0.29) is 17.5 Å². The van der Waals surface area contributed by atoms with Crippen LogP contribution in [-0.4, -0.2) is 37.7 Å².